The molecule has 1 aliphatic carbocycles. The Kier molecular flexibility index (Phi) is 5.97. The maximum atomic E-state index is 4.92. The molecule has 4 heterocycles. The van der Waals surface area contributed by atoms with Crippen molar-refractivity contribution in [3.63, 3.8) is 0 Å². The standard InChI is InChI=1S/C47H32N4/c1-3-13-31(14-4-1)47(32-15-5-2-6-16-32)39-29-33(50-41-19-9-7-17-37(41)45-43(50)21-11-27-48-45)23-25-35(39)36-26-24-34(30-40(36)47)51-42-20-10-8-18-38(42)46-44(51)22-12-28-49-46/h1-11,13-21,23-30H,12,22H2. The Hall–Kier alpha value is -6.52. The van der Waals surface area contributed by atoms with Crippen molar-refractivity contribution in [2.24, 2.45) is 4.99 Å². The topological polar surface area (TPSA) is 35.1 Å². The van der Waals surface area contributed by atoms with Crippen molar-refractivity contribution in [1.29, 1.82) is 0 Å². The summed E-state index contributed by atoms with van der Waals surface area (Å²) in [5, 5.41) is 2.36. The van der Waals surface area contributed by atoms with Gasteiger partial charge in [0.05, 0.1) is 33.2 Å². The number of para-hydroxylation sites is 2. The molecule has 9 aromatic rings. The van der Waals surface area contributed by atoms with Gasteiger partial charge in [0.15, 0.2) is 0 Å². The second-order valence-electron chi connectivity index (χ2n) is 13.7. The maximum absolute atomic E-state index is 4.92. The van der Waals surface area contributed by atoms with E-state index in [9.17, 15) is 0 Å². The first kappa shape index (κ1) is 28.3. The molecule has 0 unspecified atom stereocenters. The highest BCUT2D eigenvalue weighted by Gasteiger charge is 2.46. The predicted molar refractivity (Wildman–Crippen MR) is 209 cm³/mol. The van der Waals surface area contributed by atoms with E-state index in [2.05, 4.69) is 167 Å². The highest BCUT2D eigenvalue weighted by molar-refractivity contribution is 6.07. The van der Waals surface area contributed by atoms with Crippen molar-refractivity contribution in [3.8, 4) is 22.5 Å². The Morgan fingerprint density at radius 2 is 1.08 bits per heavy atom. The van der Waals surface area contributed by atoms with Crippen molar-refractivity contribution in [1.82, 2.24) is 14.1 Å². The Labute approximate surface area is 295 Å². The van der Waals surface area contributed by atoms with Gasteiger partial charge in [-0.15, -0.1) is 0 Å². The molecule has 4 heteroatoms. The lowest BCUT2D eigenvalue weighted by atomic mass is 9.67. The van der Waals surface area contributed by atoms with Crippen molar-refractivity contribution < 1.29 is 0 Å². The number of rotatable bonds is 4. The molecule has 2 aliphatic rings. The first-order chi connectivity index (χ1) is 25.3. The van der Waals surface area contributed by atoms with E-state index in [1.807, 2.05) is 12.3 Å². The van der Waals surface area contributed by atoms with E-state index in [0.717, 1.165) is 46.2 Å². The predicted octanol–water partition coefficient (Wildman–Crippen LogP) is 11.1. The van der Waals surface area contributed by atoms with Crippen LogP contribution in [0.5, 0.6) is 0 Å². The van der Waals surface area contributed by atoms with E-state index in [1.165, 1.54) is 55.7 Å². The molecule has 240 valence electrons. The second-order valence-corrected chi connectivity index (χ2v) is 13.7. The molecule has 0 saturated carbocycles. The molecule has 3 aromatic heterocycles. The number of hydrogen-bond donors (Lipinski definition) is 0. The van der Waals surface area contributed by atoms with Gasteiger partial charge in [-0.2, -0.15) is 0 Å². The number of benzene rings is 6. The Morgan fingerprint density at radius 1 is 0.510 bits per heavy atom. The minimum atomic E-state index is -0.558. The van der Waals surface area contributed by atoms with Crippen molar-refractivity contribution in [2.75, 3.05) is 0 Å². The lowest BCUT2D eigenvalue weighted by molar-refractivity contribution is 0.765. The monoisotopic (exact) mass is 652 g/mol. The molecule has 0 spiro atoms. The van der Waals surface area contributed by atoms with Crippen LogP contribution < -0.4 is 0 Å². The van der Waals surface area contributed by atoms with Crippen LogP contribution in [0, 0.1) is 0 Å². The average molecular weight is 653 g/mol. The van der Waals surface area contributed by atoms with Gasteiger partial charge in [-0.05, 0) is 94.8 Å². The van der Waals surface area contributed by atoms with Crippen LogP contribution in [0.15, 0.2) is 169 Å². The zero-order chi connectivity index (χ0) is 33.5. The fourth-order valence-corrected chi connectivity index (χ4v) is 9.11. The van der Waals surface area contributed by atoms with Crippen molar-refractivity contribution in [2.45, 2.75) is 18.3 Å². The summed E-state index contributed by atoms with van der Waals surface area (Å²) >= 11 is 0. The normalized spacial score (nSPS) is 14.2. The summed E-state index contributed by atoms with van der Waals surface area (Å²) in [6.07, 6.45) is 5.87. The molecular formula is C47H32N4. The van der Waals surface area contributed by atoms with Crippen LogP contribution in [0.1, 0.15) is 34.4 Å². The van der Waals surface area contributed by atoms with Gasteiger partial charge in [-0.25, -0.2) is 0 Å². The second kappa shape index (κ2) is 10.7. The van der Waals surface area contributed by atoms with Gasteiger partial charge in [0.2, 0.25) is 0 Å². The third kappa shape index (κ3) is 3.85. The first-order valence-electron chi connectivity index (χ1n) is 17.7. The summed E-state index contributed by atoms with van der Waals surface area (Å²) in [6.45, 7) is 0. The smallest absolute Gasteiger partial charge is 0.0963 e. The van der Waals surface area contributed by atoms with Crippen LogP contribution in [-0.4, -0.2) is 20.3 Å². The fourth-order valence-electron chi connectivity index (χ4n) is 9.11. The van der Waals surface area contributed by atoms with Crippen LogP contribution in [-0.2, 0) is 11.8 Å². The number of aromatic nitrogens is 3. The summed E-state index contributed by atoms with van der Waals surface area (Å²) in [4.78, 5) is 9.76. The quantitative estimate of drug-likeness (QED) is 0.186. The van der Waals surface area contributed by atoms with Gasteiger partial charge in [0.25, 0.3) is 0 Å². The lowest BCUT2D eigenvalue weighted by Gasteiger charge is -2.34. The fraction of sp³-hybridized carbons (Fsp3) is 0.0638. The number of hydrogen-bond acceptors (Lipinski definition) is 2. The molecule has 0 fully saturated rings. The van der Waals surface area contributed by atoms with Crippen LogP contribution in [0.25, 0.3) is 55.3 Å². The summed E-state index contributed by atoms with van der Waals surface area (Å²) in [6, 6.07) is 57.9. The summed E-state index contributed by atoms with van der Waals surface area (Å²) in [5.41, 5.74) is 16.2. The third-order valence-corrected chi connectivity index (χ3v) is 11.1. The Balaban J connectivity index is 1.24. The summed E-state index contributed by atoms with van der Waals surface area (Å²) in [5.74, 6) is 0. The molecule has 0 saturated heterocycles. The van der Waals surface area contributed by atoms with Crippen LogP contribution >= 0.6 is 0 Å². The van der Waals surface area contributed by atoms with Gasteiger partial charge in [-0.1, -0.05) is 109 Å². The van der Waals surface area contributed by atoms with E-state index < -0.39 is 5.41 Å². The molecular weight excluding hydrogens is 621 g/mol. The molecule has 1 aliphatic heterocycles. The van der Waals surface area contributed by atoms with Gasteiger partial charge in [0.1, 0.15) is 0 Å². The summed E-state index contributed by atoms with van der Waals surface area (Å²) in [7, 11) is 0. The lowest BCUT2D eigenvalue weighted by Crippen LogP contribution is -2.29. The third-order valence-electron chi connectivity index (χ3n) is 11.1. The van der Waals surface area contributed by atoms with Crippen LogP contribution in [0.3, 0.4) is 0 Å². The van der Waals surface area contributed by atoms with Gasteiger partial charge in [0, 0.05) is 40.3 Å². The van der Waals surface area contributed by atoms with E-state index >= 15 is 0 Å². The van der Waals surface area contributed by atoms with E-state index in [0.29, 0.717) is 0 Å². The Morgan fingerprint density at radius 3 is 1.76 bits per heavy atom. The summed E-state index contributed by atoms with van der Waals surface area (Å²) < 4.78 is 4.84. The minimum Gasteiger partial charge on any atom is -0.311 e. The molecule has 0 amide bonds. The SMILES string of the molecule is C1=Nc2c(n(-c3ccc4c(c3)C(c3ccccc3)(c3ccccc3)c3cc(-n5c6ccccc6c6ncccc65)ccc3-4)c3ccccc23)CC1. The van der Waals surface area contributed by atoms with Gasteiger partial charge in [-0.3, -0.25) is 9.98 Å². The molecule has 6 aromatic carbocycles. The highest BCUT2D eigenvalue weighted by atomic mass is 15.0. The molecule has 0 radical (unpaired) electrons. The van der Waals surface area contributed by atoms with Crippen molar-refractivity contribution >= 4 is 44.7 Å². The maximum Gasteiger partial charge on any atom is 0.0963 e. The van der Waals surface area contributed by atoms with Gasteiger partial charge < -0.3 is 9.13 Å². The number of nitrogens with zero attached hydrogens (tertiary/aromatic N) is 4. The highest BCUT2D eigenvalue weighted by Crippen LogP contribution is 2.57. The zero-order valence-electron chi connectivity index (χ0n) is 27.9. The zero-order valence-corrected chi connectivity index (χ0v) is 27.9. The van der Waals surface area contributed by atoms with Crippen LogP contribution in [0.2, 0.25) is 0 Å². The number of aliphatic imine (C=N–C) groups is 1. The van der Waals surface area contributed by atoms with Gasteiger partial charge >= 0.3 is 0 Å². The van der Waals surface area contributed by atoms with E-state index in [1.54, 1.807) is 0 Å². The largest absolute Gasteiger partial charge is 0.311 e. The molecule has 0 atom stereocenters. The number of pyridine rings is 1. The number of fused-ring (bicyclic) bond motifs is 9. The van der Waals surface area contributed by atoms with Crippen molar-refractivity contribution in [3.05, 3.63) is 192 Å². The minimum absolute atomic E-state index is 0.558. The Bertz CT molecular complexity index is 2760. The first-order valence-corrected chi connectivity index (χ1v) is 17.7. The molecule has 0 bridgehead atoms. The molecule has 4 nitrogen and oxygen atoms in total. The van der Waals surface area contributed by atoms with E-state index in [4.69, 9.17) is 9.98 Å². The molecule has 11 rings (SSSR count). The molecule has 0 N–H and O–H groups in total. The average Bonchev–Trinajstić information content (AvgIpc) is 3.82. The van der Waals surface area contributed by atoms with E-state index in [-0.39, 0.29) is 0 Å². The van der Waals surface area contributed by atoms with Crippen LogP contribution in [0.4, 0.5) is 5.69 Å². The molecule has 51 heavy (non-hydrogen) atoms.